The number of benzene rings is 2. The Morgan fingerprint density at radius 3 is 2.73 bits per heavy atom. The van der Waals surface area contributed by atoms with Gasteiger partial charge < -0.3 is 4.74 Å². The third-order valence-electron chi connectivity index (χ3n) is 4.56. The Kier molecular flexibility index (Phi) is 3.91. The van der Waals surface area contributed by atoms with Crippen molar-refractivity contribution in [1.29, 1.82) is 0 Å². The summed E-state index contributed by atoms with van der Waals surface area (Å²) >= 11 is 1.26. The van der Waals surface area contributed by atoms with Crippen molar-refractivity contribution in [3.8, 4) is 5.75 Å². The van der Waals surface area contributed by atoms with Crippen LogP contribution in [-0.2, 0) is 11.0 Å². The van der Waals surface area contributed by atoms with E-state index in [1.165, 1.54) is 11.8 Å². The number of alkyl halides is 3. The molecule has 136 valence electrons. The lowest BCUT2D eigenvalue weighted by Crippen LogP contribution is -2.39. The summed E-state index contributed by atoms with van der Waals surface area (Å²) in [4.78, 5) is -0.620. The number of hydrazone groups is 1. The van der Waals surface area contributed by atoms with Crippen molar-refractivity contribution in [2.45, 2.75) is 17.5 Å². The van der Waals surface area contributed by atoms with Crippen LogP contribution >= 0.6 is 11.8 Å². The number of thioether (sulfide) groups is 1. The van der Waals surface area contributed by atoms with E-state index in [1.807, 2.05) is 24.3 Å². The molecule has 3 nitrogen and oxygen atoms in total. The first kappa shape index (κ1) is 17.2. The number of halogens is 4. The molecule has 0 aromatic heterocycles. The van der Waals surface area contributed by atoms with E-state index in [4.69, 9.17) is 4.74 Å². The van der Waals surface area contributed by atoms with Gasteiger partial charge in [-0.3, -0.25) is 5.01 Å². The zero-order valence-corrected chi connectivity index (χ0v) is 14.5. The highest BCUT2D eigenvalue weighted by Crippen LogP contribution is 2.53. The molecule has 2 aromatic carbocycles. The van der Waals surface area contributed by atoms with E-state index >= 15 is 0 Å². The fourth-order valence-corrected chi connectivity index (χ4v) is 4.62. The Bertz CT molecular complexity index is 899. The van der Waals surface area contributed by atoms with Crippen molar-refractivity contribution in [3.63, 3.8) is 0 Å². The minimum atomic E-state index is -4.54. The van der Waals surface area contributed by atoms with Gasteiger partial charge in [0.1, 0.15) is 21.5 Å². The number of nitrogens with zero attached hydrogens (tertiary/aromatic N) is 2. The molecule has 1 spiro atoms. The maximum atomic E-state index is 14.3. The Hall–Kier alpha value is -2.22. The van der Waals surface area contributed by atoms with Gasteiger partial charge in [0.25, 0.3) is 0 Å². The first-order valence-corrected chi connectivity index (χ1v) is 8.74. The highest BCUT2D eigenvalue weighted by atomic mass is 32.2. The number of hydrogen-bond acceptors (Lipinski definition) is 4. The molecule has 2 aliphatic heterocycles. The average molecular weight is 382 g/mol. The molecular formula is C18H14F4N2OS. The molecule has 1 atom stereocenters. The van der Waals surface area contributed by atoms with Crippen molar-refractivity contribution in [3.05, 3.63) is 65.0 Å². The zero-order valence-electron chi connectivity index (χ0n) is 13.7. The summed E-state index contributed by atoms with van der Waals surface area (Å²) in [6.07, 6.45) is -3.96. The van der Waals surface area contributed by atoms with Crippen LogP contribution in [0.1, 0.15) is 23.1 Å². The van der Waals surface area contributed by atoms with Crippen LogP contribution in [0.2, 0.25) is 0 Å². The van der Waals surface area contributed by atoms with Crippen LogP contribution in [-0.4, -0.2) is 23.7 Å². The Balaban J connectivity index is 1.76. The largest absolute Gasteiger partial charge is 0.493 e. The fourth-order valence-electron chi connectivity index (χ4n) is 3.23. The van der Waals surface area contributed by atoms with Crippen LogP contribution in [0.4, 0.5) is 17.6 Å². The zero-order chi connectivity index (χ0) is 18.5. The van der Waals surface area contributed by atoms with Gasteiger partial charge in [0.2, 0.25) is 0 Å². The summed E-state index contributed by atoms with van der Waals surface area (Å²) < 4.78 is 59.0. The van der Waals surface area contributed by atoms with Gasteiger partial charge in [-0.05, 0) is 24.3 Å². The first-order valence-electron chi connectivity index (χ1n) is 7.92. The van der Waals surface area contributed by atoms with Crippen LogP contribution in [0.3, 0.4) is 0 Å². The number of hydrogen-bond donors (Lipinski definition) is 0. The molecule has 0 saturated carbocycles. The summed E-state index contributed by atoms with van der Waals surface area (Å²) in [5, 5.41) is 6.29. The van der Waals surface area contributed by atoms with Gasteiger partial charge in [-0.2, -0.15) is 18.3 Å². The molecule has 0 saturated heterocycles. The summed E-state index contributed by atoms with van der Waals surface area (Å²) in [6, 6.07) is 9.86. The summed E-state index contributed by atoms with van der Waals surface area (Å²) in [5.41, 5.74) is -0.157. The summed E-state index contributed by atoms with van der Waals surface area (Å²) in [7, 11) is 1.74. The average Bonchev–Trinajstić information content (AvgIpc) is 2.92. The minimum absolute atomic E-state index is 0.141. The molecule has 0 bridgehead atoms. The molecule has 2 aromatic rings. The second-order valence-electron chi connectivity index (χ2n) is 6.10. The molecule has 0 N–H and O–H groups in total. The second kappa shape index (κ2) is 5.90. The molecule has 1 unspecified atom stereocenters. The molecule has 0 amide bonds. The first-order chi connectivity index (χ1) is 12.3. The van der Waals surface area contributed by atoms with Crippen LogP contribution in [0, 0.1) is 5.82 Å². The van der Waals surface area contributed by atoms with Crippen molar-refractivity contribution < 1.29 is 22.3 Å². The van der Waals surface area contributed by atoms with Crippen molar-refractivity contribution >= 4 is 16.8 Å². The fraction of sp³-hybridized carbons (Fsp3) is 0.278. The molecule has 2 heterocycles. The quantitative estimate of drug-likeness (QED) is 0.661. The lowest BCUT2D eigenvalue weighted by molar-refractivity contribution is -0.137. The Labute approximate surface area is 151 Å². The van der Waals surface area contributed by atoms with E-state index < -0.39 is 22.4 Å². The van der Waals surface area contributed by atoms with Gasteiger partial charge >= 0.3 is 6.18 Å². The maximum Gasteiger partial charge on any atom is 0.416 e. The van der Waals surface area contributed by atoms with Crippen molar-refractivity contribution in [2.24, 2.45) is 5.10 Å². The molecule has 26 heavy (non-hydrogen) atoms. The highest BCUT2D eigenvalue weighted by molar-refractivity contribution is 8.15. The van der Waals surface area contributed by atoms with E-state index in [0.29, 0.717) is 18.8 Å². The van der Waals surface area contributed by atoms with Crippen LogP contribution < -0.4 is 4.74 Å². The molecule has 2 aliphatic rings. The predicted octanol–water partition coefficient (Wildman–Crippen LogP) is 4.82. The topological polar surface area (TPSA) is 24.8 Å². The Morgan fingerprint density at radius 2 is 1.96 bits per heavy atom. The van der Waals surface area contributed by atoms with E-state index in [9.17, 15) is 17.6 Å². The molecular weight excluding hydrogens is 368 g/mol. The molecule has 0 radical (unpaired) electrons. The molecule has 0 fully saturated rings. The van der Waals surface area contributed by atoms with Crippen LogP contribution in [0.15, 0.2) is 47.6 Å². The molecule has 4 rings (SSSR count). The van der Waals surface area contributed by atoms with Gasteiger partial charge in [-0.1, -0.05) is 30.0 Å². The predicted molar refractivity (Wildman–Crippen MR) is 91.5 cm³/mol. The lowest BCUT2D eigenvalue weighted by atomic mass is 9.99. The minimum Gasteiger partial charge on any atom is -0.493 e. The van der Waals surface area contributed by atoms with Gasteiger partial charge in [-0.25, -0.2) is 4.39 Å². The molecule has 8 heteroatoms. The maximum absolute atomic E-state index is 14.3. The smallest absolute Gasteiger partial charge is 0.416 e. The third-order valence-corrected chi connectivity index (χ3v) is 6.08. The Morgan fingerprint density at radius 1 is 1.19 bits per heavy atom. The second-order valence-corrected chi connectivity index (χ2v) is 7.37. The van der Waals surface area contributed by atoms with Gasteiger partial charge in [0.05, 0.1) is 12.2 Å². The number of fused-ring (bicyclic) bond motifs is 2. The highest BCUT2D eigenvalue weighted by Gasteiger charge is 2.48. The summed E-state index contributed by atoms with van der Waals surface area (Å²) in [5.74, 6) is -0.0193. The standard InChI is InChI=1S/C18H14F4N2OS/c1-24-17(8-9-25-15-5-3-2-4-13(15)17)26-16(23-24)12-10-11(18(20,21)22)6-7-14(12)19/h2-7,10H,8-9H2,1H3. The van der Waals surface area contributed by atoms with Crippen molar-refractivity contribution in [1.82, 2.24) is 5.01 Å². The van der Waals surface area contributed by atoms with Gasteiger partial charge in [0, 0.05) is 24.6 Å². The van der Waals surface area contributed by atoms with E-state index in [-0.39, 0.29) is 10.6 Å². The van der Waals surface area contributed by atoms with Crippen molar-refractivity contribution in [2.75, 3.05) is 13.7 Å². The van der Waals surface area contributed by atoms with E-state index in [2.05, 4.69) is 5.10 Å². The van der Waals surface area contributed by atoms with E-state index in [0.717, 1.165) is 23.8 Å². The van der Waals surface area contributed by atoms with Gasteiger partial charge in [0.15, 0.2) is 0 Å². The number of ether oxygens (including phenoxy) is 1. The van der Waals surface area contributed by atoms with E-state index in [1.54, 1.807) is 12.1 Å². The molecule has 0 aliphatic carbocycles. The van der Waals surface area contributed by atoms with Gasteiger partial charge in [-0.15, -0.1) is 0 Å². The number of para-hydroxylation sites is 1. The lowest BCUT2D eigenvalue weighted by Gasteiger charge is -2.39. The normalized spacial score (nSPS) is 22.2. The van der Waals surface area contributed by atoms with Crippen LogP contribution in [0.25, 0.3) is 0 Å². The summed E-state index contributed by atoms with van der Waals surface area (Å²) in [6.45, 7) is 0.447. The van der Waals surface area contributed by atoms with Crippen LogP contribution in [0.5, 0.6) is 5.75 Å². The number of rotatable bonds is 1. The third kappa shape index (κ3) is 2.63. The monoisotopic (exact) mass is 382 g/mol. The SMILES string of the molecule is CN1N=C(c2cc(C(F)(F)F)ccc2F)SC12CCOc1ccccc12.